The number of hydrogen-bond acceptors (Lipinski definition) is 5. The van der Waals surface area contributed by atoms with Gasteiger partial charge in [0.25, 0.3) is 0 Å². The third-order valence-corrected chi connectivity index (χ3v) is 3.72. The van der Waals surface area contributed by atoms with E-state index >= 15 is 0 Å². The average molecular weight is 267 g/mol. The molecule has 0 aliphatic heterocycles. The minimum atomic E-state index is 0.352. The number of aromatic nitrogens is 2. The third kappa shape index (κ3) is 4.01. The molecule has 0 bridgehead atoms. The van der Waals surface area contributed by atoms with Crippen molar-refractivity contribution in [2.24, 2.45) is 0 Å². The lowest BCUT2D eigenvalue weighted by Gasteiger charge is -2.22. The summed E-state index contributed by atoms with van der Waals surface area (Å²) in [5.41, 5.74) is 0. The smallest absolute Gasteiger partial charge is 0.231 e. The van der Waals surface area contributed by atoms with Crippen molar-refractivity contribution in [2.75, 3.05) is 13.2 Å². The van der Waals surface area contributed by atoms with Crippen LogP contribution in [0.4, 0.5) is 0 Å². The zero-order valence-electron chi connectivity index (χ0n) is 12.0. The van der Waals surface area contributed by atoms with E-state index in [0.717, 1.165) is 18.9 Å². The summed E-state index contributed by atoms with van der Waals surface area (Å²) < 4.78 is 10.8. The van der Waals surface area contributed by atoms with Gasteiger partial charge in [-0.15, -0.1) is 0 Å². The number of ether oxygens (including phenoxy) is 1. The summed E-state index contributed by atoms with van der Waals surface area (Å²) in [5.74, 6) is 1.80. The molecule has 19 heavy (non-hydrogen) atoms. The van der Waals surface area contributed by atoms with Crippen LogP contribution < -0.4 is 5.32 Å². The highest BCUT2D eigenvalue weighted by atomic mass is 16.5. The molecule has 1 aliphatic carbocycles. The van der Waals surface area contributed by atoms with Crippen molar-refractivity contribution in [3.05, 3.63) is 11.7 Å². The summed E-state index contributed by atoms with van der Waals surface area (Å²) in [6.07, 6.45) is 6.16. The molecule has 5 nitrogen and oxygen atoms in total. The van der Waals surface area contributed by atoms with Crippen molar-refractivity contribution in [2.45, 2.75) is 64.5 Å². The Morgan fingerprint density at radius 3 is 2.89 bits per heavy atom. The Bertz CT molecular complexity index is 367. The number of hydrogen-bond donors (Lipinski definition) is 1. The normalized spacial score (nSPS) is 24.3. The van der Waals surface area contributed by atoms with E-state index in [1.165, 1.54) is 25.7 Å². The van der Waals surface area contributed by atoms with Crippen LogP contribution in [0.2, 0.25) is 0 Å². The van der Waals surface area contributed by atoms with Gasteiger partial charge >= 0.3 is 0 Å². The van der Waals surface area contributed by atoms with Crippen LogP contribution in [0.5, 0.6) is 0 Å². The molecular weight excluding hydrogens is 242 g/mol. The third-order valence-electron chi connectivity index (χ3n) is 3.72. The minimum absolute atomic E-state index is 0.352. The summed E-state index contributed by atoms with van der Waals surface area (Å²) in [5, 5.41) is 7.58. The molecule has 2 unspecified atom stereocenters. The molecule has 2 atom stereocenters. The Kier molecular flexibility index (Phi) is 5.79. The summed E-state index contributed by atoms with van der Waals surface area (Å²) in [7, 11) is 0. The largest absolute Gasteiger partial charge is 0.374 e. The molecular formula is C14H25N3O2. The predicted molar refractivity (Wildman–Crippen MR) is 72.9 cm³/mol. The van der Waals surface area contributed by atoms with Gasteiger partial charge in [-0.25, -0.2) is 0 Å². The Morgan fingerprint density at radius 2 is 2.11 bits per heavy atom. The lowest BCUT2D eigenvalue weighted by atomic mass is 9.94. The molecule has 1 aromatic heterocycles. The van der Waals surface area contributed by atoms with E-state index in [4.69, 9.17) is 9.26 Å². The molecule has 1 aliphatic rings. The SMILES string of the molecule is CCNC1CCCCCC1c1nc(COCC)no1. The zero-order chi connectivity index (χ0) is 13.5. The van der Waals surface area contributed by atoms with E-state index in [1.54, 1.807) is 0 Å². The van der Waals surface area contributed by atoms with Crippen LogP contribution in [-0.2, 0) is 11.3 Å². The van der Waals surface area contributed by atoms with Gasteiger partial charge in [-0.3, -0.25) is 0 Å². The maximum Gasteiger partial charge on any atom is 0.231 e. The van der Waals surface area contributed by atoms with Crippen LogP contribution in [0.25, 0.3) is 0 Å². The number of rotatable bonds is 6. The highest BCUT2D eigenvalue weighted by Crippen LogP contribution is 2.31. The fourth-order valence-electron chi connectivity index (χ4n) is 2.78. The fraction of sp³-hybridized carbons (Fsp3) is 0.857. The Hall–Kier alpha value is -0.940. The molecule has 0 radical (unpaired) electrons. The topological polar surface area (TPSA) is 60.2 Å². The van der Waals surface area contributed by atoms with E-state index in [-0.39, 0.29) is 0 Å². The van der Waals surface area contributed by atoms with E-state index in [9.17, 15) is 0 Å². The van der Waals surface area contributed by atoms with Crippen LogP contribution in [0.3, 0.4) is 0 Å². The summed E-state index contributed by atoms with van der Waals surface area (Å²) in [6, 6.07) is 0.466. The number of nitrogens with zero attached hydrogens (tertiary/aromatic N) is 2. The van der Waals surface area contributed by atoms with Crippen LogP contribution in [0, 0.1) is 0 Å². The molecule has 1 aromatic rings. The second-order valence-electron chi connectivity index (χ2n) is 5.09. The van der Waals surface area contributed by atoms with Crippen LogP contribution in [0.15, 0.2) is 4.52 Å². The summed E-state index contributed by atoms with van der Waals surface area (Å²) >= 11 is 0. The maximum absolute atomic E-state index is 5.45. The van der Waals surface area contributed by atoms with Gasteiger partial charge in [0.1, 0.15) is 6.61 Å². The molecule has 0 aromatic carbocycles. The number of likely N-dealkylation sites (N-methyl/N-ethyl adjacent to an activating group) is 1. The highest BCUT2D eigenvalue weighted by Gasteiger charge is 2.29. The highest BCUT2D eigenvalue weighted by molar-refractivity contribution is 5.00. The molecule has 0 spiro atoms. The molecule has 108 valence electrons. The molecule has 0 amide bonds. The number of nitrogens with one attached hydrogen (secondary N) is 1. The first-order valence-electron chi connectivity index (χ1n) is 7.48. The van der Waals surface area contributed by atoms with E-state index in [0.29, 0.717) is 31.0 Å². The van der Waals surface area contributed by atoms with Crippen molar-refractivity contribution < 1.29 is 9.26 Å². The van der Waals surface area contributed by atoms with Crippen LogP contribution in [0.1, 0.15) is 63.6 Å². The van der Waals surface area contributed by atoms with Gasteiger partial charge in [0, 0.05) is 12.6 Å². The molecule has 2 rings (SSSR count). The van der Waals surface area contributed by atoms with E-state index in [2.05, 4.69) is 22.4 Å². The van der Waals surface area contributed by atoms with Crippen molar-refractivity contribution in [3.63, 3.8) is 0 Å². The zero-order valence-corrected chi connectivity index (χ0v) is 12.0. The molecule has 1 heterocycles. The fourth-order valence-corrected chi connectivity index (χ4v) is 2.78. The van der Waals surface area contributed by atoms with Gasteiger partial charge in [-0.1, -0.05) is 31.3 Å². The van der Waals surface area contributed by atoms with Gasteiger partial charge in [0.15, 0.2) is 5.82 Å². The van der Waals surface area contributed by atoms with Gasteiger partial charge in [-0.05, 0) is 26.3 Å². The van der Waals surface area contributed by atoms with E-state index < -0.39 is 0 Å². The standard InChI is InChI=1S/C14H25N3O2/c1-3-15-12-9-7-5-6-8-11(12)14-16-13(17-19-14)10-18-4-2/h11-12,15H,3-10H2,1-2H3. The van der Waals surface area contributed by atoms with Crippen molar-refractivity contribution in [1.29, 1.82) is 0 Å². The lowest BCUT2D eigenvalue weighted by Crippen LogP contribution is -2.34. The van der Waals surface area contributed by atoms with Gasteiger partial charge in [0.05, 0.1) is 5.92 Å². The summed E-state index contributed by atoms with van der Waals surface area (Å²) in [4.78, 5) is 4.50. The second-order valence-corrected chi connectivity index (χ2v) is 5.09. The lowest BCUT2D eigenvalue weighted by molar-refractivity contribution is 0.126. The minimum Gasteiger partial charge on any atom is -0.374 e. The molecule has 0 saturated heterocycles. The molecule has 1 saturated carbocycles. The average Bonchev–Trinajstić information content (AvgIpc) is 2.76. The first-order chi connectivity index (χ1) is 9.35. The van der Waals surface area contributed by atoms with Gasteiger partial charge in [0.2, 0.25) is 5.89 Å². The van der Waals surface area contributed by atoms with Crippen molar-refractivity contribution in [1.82, 2.24) is 15.5 Å². The van der Waals surface area contributed by atoms with Crippen LogP contribution >= 0.6 is 0 Å². The van der Waals surface area contributed by atoms with Crippen molar-refractivity contribution in [3.8, 4) is 0 Å². The Labute approximate surface area is 115 Å². The summed E-state index contributed by atoms with van der Waals surface area (Å²) in [6.45, 7) is 6.22. The van der Waals surface area contributed by atoms with Crippen molar-refractivity contribution >= 4 is 0 Å². The molecule has 5 heteroatoms. The van der Waals surface area contributed by atoms with Gasteiger partial charge in [-0.2, -0.15) is 4.98 Å². The Morgan fingerprint density at radius 1 is 1.26 bits per heavy atom. The van der Waals surface area contributed by atoms with Gasteiger partial charge < -0.3 is 14.6 Å². The molecule has 1 N–H and O–H groups in total. The monoisotopic (exact) mass is 267 g/mol. The maximum atomic E-state index is 5.45. The van der Waals surface area contributed by atoms with Crippen LogP contribution in [-0.4, -0.2) is 29.3 Å². The quantitative estimate of drug-likeness (QED) is 0.803. The second kappa shape index (κ2) is 7.60. The van der Waals surface area contributed by atoms with E-state index in [1.807, 2.05) is 6.92 Å². The predicted octanol–water partition coefficient (Wildman–Crippen LogP) is 2.63. The Balaban J connectivity index is 2.05. The molecule has 1 fully saturated rings. The first kappa shape index (κ1) is 14.5. The first-order valence-corrected chi connectivity index (χ1v) is 7.48.